The maximum atomic E-state index is 12.9. The van der Waals surface area contributed by atoms with E-state index in [9.17, 15) is 14.0 Å². The van der Waals surface area contributed by atoms with Gasteiger partial charge in [0.2, 0.25) is 0 Å². The van der Waals surface area contributed by atoms with E-state index in [0.29, 0.717) is 23.6 Å². The fraction of sp³-hybridized carbons (Fsp3) is 0.214. The van der Waals surface area contributed by atoms with E-state index in [0.717, 1.165) is 24.0 Å². The second-order valence-corrected chi connectivity index (χ2v) is 7.09. The molecule has 3 rings (SSSR count). The fourth-order valence-electron chi connectivity index (χ4n) is 2.82. The molecule has 0 unspecified atom stereocenters. The van der Waals surface area contributed by atoms with Crippen LogP contribution in [0, 0.1) is 23.9 Å². The quantitative estimate of drug-likeness (QED) is 0.252. The number of nitrogens with one attached hydrogen (secondary N) is 2. The average molecular weight is 479 g/mol. The first kappa shape index (κ1) is 28.7. The Kier molecular flexibility index (Phi) is 13.4. The molecule has 1 saturated carbocycles. The van der Waals surface area contributed by atoms with Gasteiger partial charge in [0, 0.05) is 23.7 Å². The summed E-state index contributed by atoms with van der Waals surface area (Å²) < 4.78 is 12.9. The lowest BCUT2D eigenvalue weighted by molar-refractivity contribution is -0.119. The van der Waals surface area contributed by atoms with Crippen molar-refractivity contribution in [2.75, 3.05) is 10.6 Å². The summed E-state index contributed by atoms with van der Waals surface area (Å²) in [6, 6.07) is 12.5. The molecule has 4 N–H and O–H groups in total. The predicted molar refractivity (Wildman–Crippen MR) is 138 cm³/mol. The topological polar surface area (TPSA) is 98.7 Å². The van der Waals surface area contributed by atoms with E-state index in [1.54, 1.807) is 18.2 Å². The SMILES string of the molecule is C=C/C=C(\C=C/CC(=O)C1CC1)c1ccc(NC(=O)Nc2ccc(F)cc2)cc1.CC.OC#CO. The van der Waals surface area contributed by atoms with Crippen LogP contribution in [0.1, 0.15) is 38.7 Å². The highest BCUT2D eigenvalue weighted by Gasteiger charge is 2.27. The Labute approximate surface area is 205 Å². The monoisotopic (exact) mass is 478 g/mol. The van der Waals surface area contributed by atoms with Crippen LogP contribution in [0.2, 0.25) is 0 Å². The molecule has 0 heterocycles. The minimum absolute atomic E-state index is 0.262. The van der Waals surface area contributed by atoms with Crippen LogP contribution in [0.15, 0.2) is 79.4 Å². The number of benzene rings is 2. The molecule has 2 aromatic carbocycles. The van der Waals surface area contributed by atoms with Gasteiger partial charge in [0.1, 0.15) is 11.6 Å². The van der Waals surface area contributed by atoms with Crippen molar-refractivity contribution in [3.05, 3.63) is 90.8 Å². The number of hydrogen-bond acceptors (Lipinski definition) is 4. The maximum Gasteiger partial charge on any atom is 0.323 e. The zero-order valence-corrected chi connectivity index (χ0v) is 19.9. The number of aliphatic hydroxyl groups is 2. The van der Waals surface area contributed by atoms with Crippen molar-refractivity contribution in [3.63, 3.8) is 0 Å². The van der Waals surface area contributed by atoms with Crippen molar-refractivity contribution in [1.29, 1.82) is 0 Å². The molecule has 1 aliphatic rings. The number of rotatable bonds is 8. The molecule has 0 radical (unpaired) electrons. The van der Waals surface area contributed by atoms with Gasteiger partial charge in [-0.25, -0.2) is 9.18 Å². The van der Waals surface area contributed by atoms with Crippen LogP contribution in [0.3, 0.4) is 0 Å². The Balaban J connectivity index is 0.000000926. The number of carbonyl (C=O) groups excluding carboxylic acids is 2. The summed E-state index contributed by atoms with van der Waals surface area (Å²) in [6.07, 6.45) is 12.3. The molecular weight excluding hydrogens is 447 g/mol. The van der Waals surface area contributed by atoms with Gasteiger partial charge in [0.25, 0.3) is 0 Å². The van der Waals surface area contributed by atoms with Crippen LogP contribution >= 0.6 is 0 Å². The Morgan fingerprint density at radius 2 is 1.51 bits per heavy atom. The number of aliphatic hydroxyl groups excluding tert-OH is 2. The van der Waals surface area contributed by atoms with Gasteiger partial charge in [-0.05, 0) is 60.4 Å². The average Bonchev–Trinajstić information content (AvgIpc) is 3.72. The molecule has 184 valence electrons. The maximum absolute atomic E-state index is 12.9. The lowest BCUT2D eigenvalue weighted by atomic mass is 10.0. The molecule has 0 spiro atoms. The fourth-order valence-corrected chi connectivity index (χ4v) is 2.82. The van der Waals surface area contributed by atoms with E-state index in [1.165, 1.54) is 36.5 Å². The Bertz CT molecular complexity index is 1070. The second kappa shape index (κ2) is 16.3. The molecule has 35 heavy (non-hydrogen) atoms. The van der Waals surface area contributed by atoms with E-state index in [1.807, 2.05) is 44.2 Å². The highest BCUT2D eigenvalue weighted by molar-refractivity contribution is 5.99. The largest absolute Gasteiger partial charge is 0.460 e. The second-order valence-electron chi connectivity index (χ2n) is 7.09. The number of allylic oxidation sites excluding steroid dienone is 5. The molecule has 0 atom stereocenters. The minimum atomic E-state index is -0.412. The predicted octanol–water partition coefficient (Wildman–Crippen LogP) is 6.64. The van der Waals surface area contributed by atoms with Gasteiger partial charge in [-0.1, -0.05) is 56.9 Å². The van der Waals surface area contributed by atoms with Crippen molar-refractivity contribution < 1.29 is 24.2 Å². The van der Waals surface area contributed by atoms with Crippen molar-refractivity contribution in [1.82, 2.24) is 0 Å². The van der Waals surface area contributed by atoms with E-state index < -0.39 is 6.03 Å². The molecule has 0 bridgehead atoms. The van der Waals surface area contributed by atoms with Crippen LogP contribution in [0.4, 0.5) is 20.6 Å². The van der Waals surface area contributed by atoms with Gasteiger partial charge in [0.05, 0.1) is 0 Å². The molecule has 7 heteroatoms. The highest BCUT2D eigenvalue weighted by Crippen LogP contribution is 2.31. The first-order valence-electron chi connectivity index (χ1n) is 11.2. The number of carbonyl (C=O) groups is 2. The summed E-state index contributed by atoms with van der Waals surface area (Å²) in [5, 5.41) is 19.9. The van der Waals surface area contributed by atoms with E-state index in [-0.39, 0.29) is 11.7 Å². The number of urea groups is 1. The first-order chi connectivity index (χ1) is 17.0. The normalized spacial score (nSPS) is 12.0. The van der Waals surface area contributed by atoms with E-state index in [2.05, 4.69) is 17.2 Å². The van der Waals surface area contributed by atoms with Gasteiger partial charge in [0.15, 0.2) is 12.2 Å². The number of hydrogen-bond donors (Lipinski definition) is 4. The molecule has 1 aliphatic carbocycles. The minimum Gasteiger partial charge on any atom is -0.460 e. The van der Waals surface area contributed by atoms with Crippen molar-refractivity contribution in [3.8, 4) is 12.2 Å². The number of halogens is 1. The molecule has 1 fully saturated rings. The number of anilines is 2. The molecule has 0 aliphatic heterocycles. The Morgan fingerprint density at radius 3 is 1.97 bits per heavy atom. The molecule has 0 aromatic heterocycles. The third kappa shape index (κ3) is 11.4. The van der Waals surface area contributed by atoms with Crippen LogP contribution < -0.4 is 10.6 Å². The van der Waals surface area contributed by atoms with Crippen molar-refractivity contribution >= 4 is 28.8 Å². The van der Waals surface area contributed by atoms with E-state index in [4.69, 9.17) is 10.2 Å². The summed E-state index contributed by atoms with van der Waals surface area (Å²) in [5.74, 6) is 0.199. The zero-order valence-electron chi connectivity index (χ0n) is 19.9. The van der Waals surface area contributed by atoms with Gasteiger partial charge in [-0.2, -0.15) is 0 Å². The lowest BCUT2D eigenvalue weighted by Gasteiger charge is -2.09. The Hall–Kier alpha value is -4.31. The molecule has 6 nitrogen and oxygen atoms in total. The number of ketones is 1. The first-order valence-corrected chi connectivity index (χ1v) is 11.2. The standard InChI is InChI=1S/C24H23FN2O2.C2H2O2.C2H6/c1-2-4-17(5-3-6-23(28)19-7-8-19)18-9-13-21(14-10-18)26-24(29)27-22-15-11-20(25)12-16-22;3-1-2-4;1-2/h2-5,9-16,19H,1,6-8H2,(H2,26,27,29);3-4H;1-2H3/b5-3-,17-4+;;. The molecule has 0 saturated heterocycles. The third-order valence-corrected chi connectivity index (χ3v) is 4.57. The number of amides is 2. The molecule has 2 aromatic rings. The van der Waals surface area contributed by atoms with Gasteiger partial charge in [-0.15, -0.1) is 0 Å². The van der Waals surface area contributed by atoms with Gasteiger partial charge >= 0.3 is 6.03 Å². The van der Waals surface area contributed by atoms with Crippen molar-refractivity contribution in [2.45, 2.75) is 33.1 Å². The Morgan fingerprint density at radius 1 is 1.00 bits per heavy atom. The molecule has 2 amide bonds. The van der Waals surface area contributed by atoms with Crippen LogP contribution in [0.5, 0.6) is 0 Å². The highest BCUT2D eigenvalue weighted by atomic mass is 19.1. The summed E-state index contributed by atoms with van der Waals surface area (Å²) in [4.78, 5) is 23.9. The summed E-state index contributed by atoms with van der Waals surface area (Å²) in [5.41, 5.74) is 3.01. The smallest absolute Gasteiger partial charge is 0.323 e. The molecular formula is C28H31FN2O4. The van der Waals surface area contributed by atoms with Crippen molar-refractivity contribution in [2.24, 2.45) is 5.92 Å². The third-order valence-electron chi connectivity index (χ3n) is 4.57. The summed E-state index contributed by atoms with van der Waals surface area (Å²) >= 11 is 0. The van der Waals surface area contributed by atoms with Crippen LogP contribution in [0.25, 0.3) is 5.57 Å². The summed E-state index contributed by atoms with van der Waals surface area (Å²) in [7, 11) is 0. The van der Waals surface area contributed by atoms with Crippen LogP contribution in [-0.4, -0.2) is 22.0 Å². The lowest BCUT2D eigenvalue weighted by Crippen LogP contribution is -2.19. The van der Waals surface area contributed by atoms with E-state index >= 15 is 0 Å². The van der Waals surface area contributed by atoms with Crippen LogP contribution in [-0.2, 0) is 4.79 Å². The number of Topliss-reactive ketones (excluding diaryl/α,β-unsaturated/α-hetero) is 1. The zero-order chi connectivity index (χ0) is 26.1. The summed E-state index contributed by atoms with van der Waals surface area (Å²) in [6.45, 7) is 7.74. The van der Waals surface area contributed by atoms with Gasteiger partial charge < -0.3 is 20.8 Å². The van der Waals surface area contributed by atoms with Gasteiger partial charge in [-0.3, -0.25) is 4.79 Å².